The van der Waals surface area contributed by atoms with Crippen molar-refractivity contribution >= 4 is 17.7 Å². The summed E-state index contributed by atoms with van der Waals surface area (Å²) in [4.78, 5) is 18.9. The van der Waals surface area contributed by atoms with Crippen LogP contribution in [0.4, 0.5) is 5.69 Å². The van der Waals surface area contributed by atoms with Crippen molar-refractivity contribution in [2.24, 2.45) is 0 Å². The van der Waals surface area contributed by atoms with Crippen LogP contribution < -0.4 is 10.2 Å². The highest BCUT2D eigenvalue weighted by molar-refractivity contribution is 5.84. The largest absolute Gasteiger partial charge is 0.344 e. The zero-order chi connectivity index (χ0) is 17.7. The zero-order valence-corrected chi connectivity index (χ0v) is 14.9. The van der Waals surface area contributed by atoms with Crippen molar-refractivity contribution in [2.75, 3.05) is 11.4 Å². The Hall–Kier alpha value is -2.62. The molecule has 25 heavy (non-hydrogen) atoms. The lowest BCUT2D eigenvalue weighted by Gasteiger charge is -2.49. The molecule has 2 aliphatic rings. The van der Waals surface area contributed by atoms with Crippen LogP contribution >= 0.6 is 0 Å². The van der Waals surface area contributed by atoms with Crippen LogP contribution in [0, 0.1) is 6.92 Å². The molecule has 0 spiro atoms. The fourth-order valence-electron chi connectivity index (χ4n) is 4.16. The van der Waals surface area contributed by atoms with Crippen molar-refractivity contribution in [3.05, 3.63) is 65.5 Å². The third-order valence-electron chi connectivity index (χ3n) is 5.59. The van der Waals surface area contributed by atoms with E-state index in [4.69, 9.17) is 0 Å². The van der Waals surface area contributed by atoms with Crippen LogP contribution in [0.1, 0.15) is 37.0 Å². The highest BCUT2D eigenvalue weighted by Gasteiger charge is 2.57. The van der Waals surface area contributed by atoms with E-state index in [-0.39, 0.29) is 11.3 Å². The molecule has 0 radical (unpaired) electrons. The minimum Gasteiger partial charge on any atom is -0.344 e. The third kappa shape index (κ3) is 2.28. The summed E-state index contributed by atoms with van der Waals surface area (Å²) in [5.74, 6) is 0.102. The Kier molecular flexibility index (Phi) is 3.46. The number of carbonyl (C=O) groups excluding carboxylic acids is 1. The van der Waals surface area contributed by atoms with E-state index in [9.17, 15) is 4.79 Å². The highest BCUT2D eigenvalue weighted by Crippen LogP contribution is 2.52. The Morgan fingerprint density at radius 1 is 1.28 bits per heavy atom. The minimum atomic E-state index is -0.561. The monoisotopic (exact) mass is 333 g/mol. The van der Waals surface area contributed by atoms with Crippen LogP contribution in [0.25, 0.3) is 6.08 Å². The highest BCUT2D eigenvalue weighted by atomic mass is 16.2. The molecule has 1 N–H and O–H groups in total. The fourth-order valence-corrected chi connectivity index (χ4v) is 4.16. The molecule has 1 aromatic carbocycles. The van der Waals surface area contributed by atoms with Crippen LogP contribution in [0.5, 0.6) is 0 Å². The van der Waals surface area contributed by atoms with E-state index < -0.39 is 5.66 Å². The number of nitrogens with one attached hydrogen (secondary N) is 1. The average molecular weight is 333 g/mol. The molecule has 0 bridgehead atoms. The topological polar surface area (TPSA) is 45.2 Å². The van der Waals surface area contributed by atoms with Crippen molar-refractivity contribution < 1.29 is 4.79 Å². The molecular formula is C21H23N3O. The predicted molar refractivity (Wildman–Crippen MR) is 100 cm³/mol. The standard InChI is InChI=1S/C21H23N3O/c1-15-6-7-18-17(13-15)20(2,3)21(23-19(25)9-12-24(18)21)10-8-16-5-4-11-22-14-16/h4-8,10-11,13-14H,9,12H2,1-3H3,(H,23,25)/b10-8+/t21-/m1/s1. The van der Waals surface area contributed by atoms with E-state index in [0.29, 0.717) is 6.42 Å². The summed E-state index contributed by atoms with van der Waals surface area (Å²) in [5.41, 5.74) is 3.96. The number of hydrogen-bond donors (Lipinski definition) is 1. The Balaban J connectivity index is 1.87. The predicted octanol–water partition coefficient (Wildman–Crippen LogP) is 3.42. The van der Waals surface area contributed by atoms with Gasteiger partial charge in [0.05, 0.1) is 0 Å². The van der Waals surface area contributed by atoms with Crippen LogP contribution in [0.3, 0.4) is 0 Å². The van der Waals surface area contributed by atoms with E-state index in [1.165, 1.54) is 16.8 Å². The first-order valence-electron chi connectivity index (χ1n) is 8.73. The normalized spacial score (nSPS) is 24.1. The first kappa shape index (κ1) is 15.9. The van der Waals surface area contributed by atoms with E-state index in [1.807, 2.05) is 18.3 Å². The minimum absolute atomic E-state index is 0.102. The number of carbonyl (C=O) groups is 1. The first-order valence-corrected chi connectivity index (χ1v) is 8.73. The molecule has 1 atom stereocenters. The summed E-state index contributed by atoms with van der Waals surface area (Å²) in [5, 5.41) is 3.30. The molecule has 4 heteroatoms. The van der Waals surface area contributed by atoms with Gasteiger partial charge in [-0.1, -0.05) is 43.7 Å². The molecule has 0 aliphatic carbocycles. The van der Waals surface area contributed by atoms with Gasteiger partial charge < -0.3 is 10.2 Å². The number of fused-ring (bicyclic) bond motifs is 3. The second kappa shape index (κ2) is 5.45. The second-order valence-electron chi connectivity index (χ2n) is 7.48. The average Bonchev–Trinajstić information content (AvgIpc) is 2.78. The molecule has 1 fully saturated rings. The molecule has 0 saturated carbocycles. The van der Waals surface area contributed by atoms with Crippen LogP contribution in [0.15, 0.2) is 48.8 Å². The Labute approximate surface area is 148 Å². The van der Waals surface area contributed by atoms with Crippen molar-refractivity contribution in [1.82, 2.24) is 10.3 Å². The lowest BCUT2D eigenvalue weighted by Crippen LogP contribution is -2.68. The van der Waals surface area contributed by atoms with Gasteiger partial charge in [0.25, 0.3) is 0 Å². The number of nitrogens with zero attached hydrogens (tertiary/aromatic N) is 2. The van der Waals surface area contributed by atoms with E-state index in [2.05, 4.69) is 66.3 Å². The quantitative estimate of drug-likeness (QED) is 0.916. The molecule has 1 aromatic heterocycles. The van der Waals surface area contributed by atoms with E-state index in [0.717, 1.165) is 12.1 Å². The van der Waals surface area contributed by atoms with Crippen LogP contribution in [-0.4, -0.2) is 23.1 Å². The number of pyridine rings is 1. The van der Waals surface area contributed by atoms with E-state index >= 15 is 0 Å². The number of hydrogen-bond acceptors (Lipinski definition) is 3. The molecule has 1 saturated heterocycles. The molecule has 128 valence electrons. The van der Waals surface area contributed by atoms with Gasteiger partial charge in [0.15, 0.2) is 0 Å². The molecule has 2 aromatic rings. The molecule has 1 amide bonds. The maximum atomic E-state index is 12.3. The number of rotatable bonds is 2. The van der Waals surface area contributed by atoms with Gasteiger partial charge in [-0.2, -0.15) is 0 Å². The van der Waals surface area contributed by atoms with Gasteiger partial charge in [-0.05, 0) is 36.3 Å². The Morgan fingerprint density at radius 2 is 2.12 bits per heavy atom. The first-order chi connectivity index (χ1) is 11.9. The summed E-state index contributed by atoms with van der Waals surface area (Å²) in [6, 6.07) is 10.5. The lowest BCUT2D eigenvalue weighted by atomic mass is 9.74. The summed E-state index contributed by atoms with van der Waals surface area (Å²) in [7, 11) is 0. The van der Waals surface area contributed by atoms with Gasteiger partial charge >= 0.3 is 0 Å². The van der Waals surface area contributed by atoms with Crippen molar-refractivity contribution in [2.45, 2.75) is 38.3 Å². The van der Waals surface area contributed by atoms with Gasteiger partial charge in [0, 0.05) is 36.5 Å². The molecular weight excluding hydrogens is 310 g/mol. The van der Waals surface area contributed by atoms with Crippen molar-refractivity contribution in [3.63, 3.8) is 0 Å². The summed E-state index contributed by atoms with van der Waals surface area (Å²) in [6.45, 7) is 7.27. The summed E-state index contributed by atoms with van der Waals surface area (Å²) in [6.07, 6.45) is 8.32. The molecule has 2 aliphatic heterocycles. The van der Waals surface area contributed by atoms with Crippen LogP contribution in [0.2, 0.25) is 0 Å². The summed E-state index contributed by atoms with van der Waals surface area (Å²) < 4.78 is 0. The number of anilines is 1. The SMILES string of the molecule is Cc1ccc2c(c1)C(C)(C)[C@]1(/C=C/c3cccnc3)NC(=O)CCN21. The number of amides is 1. The number of aromatic nitrogens is 1. The maximum absolute atomic E-state index is 12.3. The zero-order valence-electron chi connectivity index (χ0n) is 14.9. The van der Waals surface area contributed by atoms with Crippen LogP contribution in [-0.2, 0) is 10.2 Å². The number of benzene rings is 1. The van der Waals surface area contributed by atoms with Crippen molar-refractivity contribution in [1.29, 1.82) is 0 Å². The lowest BCUT2D eigenvalue weighted by molar-refractivity contribution is -0.124. The number of aryl methyl sites for hydroxylation is 1. The summed E-state index contributed by atoms with van der Waals surface area (Å²) >= 11 is 0. The molecule has 3 heterocycles. The molecule has 4 nitrogen and oxygen atoms in total. The smallest absolute Gasteiger partial charge is 0.223 e. The molecule has 0 unspecified atom stereocenters. The van der Waals surface area contributed by atoms with Gasteiger partial charge in [-0.15, -0.1) is 0 Å². The van der Waals surface area contributed by atoms with Gasteiger partial charge in [0.2, 0.25) is 5.91 Å². The van der Waals surface area contributed by atoms with E-state index in [1.54, 1.807) is 6.20 Å². The van der Waals surface area contributed by atoms with Gasteiger partial charge in [-0.3, -0.25) is 9.78 Å². The second-order valence-corrected chi connectivity index (χ2v) is 7.48. The Bertz CT molecular complexity index is 857. The third-order valence-corrected chi connectivity index (χ3v) is 5.59. The van der Waals surface area contributed by atoms with Gasteiger partial charge in [0.1, 0.15) is 5.66 Å². The van der Waals surface area contributed by atoms with Crippen molar-refractivity contribution in [3.8, 4) is 0 Å². The Morgan fingerprint density at radius 3 is 2.88 bits per heavy atom. The maximum Gasteiger partial charge on any atom is 0.223 e. The van der Waals surface area contributed by atoms with Gasteiger partial charge in [-0.25, -0.2) is 0 Å². The fraction of sp³-hybridized carbons (Fsp3) is 0.333. The molecule has 4 rings (SSSR count).